The molecule has 0 unspecified atom stereocenters. The third-order valence-electron chi connectivity index (χ3n) is 3.81. The van der Waals surface area contributed by atoms with E-state index in [0.717, 1.165) is 28.8 Å². The summed E-state index contributed by atoms with van der Waals surface area (Å²) in [6, 6.07) is 13.6. The molecule has 0 bridgehead atoms. The molecule has 0 aliphatic heterocycles. The quantitative estimate of drug-likeness (QED) is 0.469. The molecular formula is C20H23N3O3. The van der Waals surface area contributed by atoms with Crippen LogP contribution in [0, 0.1) is 5.92 Å². The van der Waals surface area contributed by atoms with Gasteiger partial charge in [-0.1, -0.05) is 26.0 Å². The number of anilines is 1. The van der Waals surface area contributed by atoms with Crippen LogP contribution in [0.2, 0.25) is 0 Å². The molecule has 0 atom stereocenters. The maximum atomic E-state index is 5.79. The largest absolute Gasteiger partial charge is 0.493 e. The lowest BCUT2D eigenvalue weighted by atomic mass is 10.1. The zero-order valence-corrected chi connectivity index (χ0v) is 15.2. The Morgan fingerprint density at radius 1 is 1.19 bits per heavy atom. The number of nitrogens with zero attached hydrogens (tertiary/aromatic N) is 2. The molecule has 0 saturated carbocycles. The molecule has 6 heteroatoms. The predicted molar refractivity (Wildman–Crippen MR) is 103 cm³/mol. The number of oxazole rings is 1. The van der Waals surface area contributed by atoms with E-state index in [-0.39, 0.29) is 0 Å². The van der Waals surface area contributed by atoms with Gasteiger partial charge in [0.05, 0.1) is 19.9 Å². The third-order valence-corrected chi connectivity index (χ3v) is 3.81. The van der Waals surface area contributed by atoms with Crippen molar-refractivity contribution in [2.75, 3.05) is 19.1 Å². The van der Waals surface area contributed by atoms with Crippen LogP contribution >= 0.6 is 0 Å². The number of para-hydroxylation sites is 2. The van der Waals surface area contributed by atoms with Crippen molar-refractivity contribution in [2.24, 2.45) is 11.0 Å². The Bertz CT molecular complexity index is 854. The van der Waals surface area contributed by atoms with Gasteiger partial charge in [0.1, 0.15) is 5.52 Å². The first kappa shape index (κ1) is 17.8. The molecule has 0 aliphatic rings. The summed E-state index contributed by atoms with van der Waals surface area (Å²) < 4.78 is 16.8. The number of fused-ring (bicyclic) bond motifs is 1. The highest BCUT2D eigenvalue weighted by Gasteiger charge is 2.06. The Hall–Kier alpha value is -3.02. The lowest BCUT2D eigenvalue weighted by Crippen LogP contribution is -2.03. The first-order chi connectivity index (χ1) is 12.7. The van der Waals surface area contributed by atoms with E-state index in [9.17, 15) is 0 Å². The maximum absolute atomic E-state index is 5.79. The lowest BCUT2D eigenvalue weighted by Gasteiger charge is -2.12. The van der Waals surface area contributed by atoms with E-state index in [1.54, 1.807) is 13.3 Å². The van der Waals surface area contributed by atoms with Gasteiger partial charge >= 0.3 is 6.01 Å². The molecule has 0 spiro atoms. The van der Waals surface area contributed by atoms with Crippen molar-refractivity contribution < 1.29 is 13.9 Å². The van der Waals surface area contributed by atoms with E-state index < -0.39 is 0 Å². The van der Waals surface area contributed by atoms with Crippen molar-refractivity contribution in [3.63, 3.8) is 0 Å². The number of hydrogen-bond donors (Lipinski definition) is 1. The Balaban J connectivity index is 1.64. The molecule has 0 radical (unpaired) electrons. The summed E-state index contributed by atoms with van der Waals surface area (Å²) in [5.41, 5.74) is 5.18. The number of ether oxygens (including phenoxy) is 2. The molecule has 0 saturated heterocycles. The minimum Gasteiger partial charge on any atom is -0.493 e. The second-order valence-corrected chi connectivity index (χ2v) is 6.30. The zero-order valence-electron chi connectivity index (χ0n) is 15.2. The van der Waals surface area contributed by atoms with E-state index in [2.05, 4.69) is 29.4 Å². The van der Waals surface area contributed by atoms with Gasteiger partial charge in [0.15, 0.2) is 17.1 Å². The number of benzene rings is 2. The van der Waals surface area contributed by atoms with Crippen LogP contribution in [0.25, 0.3) is 11.1 Å². The second-order valence-electron chi connectivity index (χ2n) is 6.30. The van der Waals surface area contributed by atoms with Gasteiger partial charge in [-0.05, 0) is 48.2 Å². The fourth-order valence-corrected chi connectivity index (χ4v) is 2.37. The number of rotatable bonds is 8. The minimum atomic E-state index is 0.350. The van der Waals surface area contributed by atoms with Crippen LogP contribution in [0.1, 0.15) is 25.8 Å². The first-order valence-electron chi connectivity index (χ1n) is 8.61. The summed E-state index contributed by atoms with van der Waals surface area (Å²) >= 11 is 0. The summed E-state index contributed by atoms with van der Waals surface area (Å²) in [6.45, 7) is 5.01. The van der Waals surface area contributed by atoms with Gasteiger partial charge in [-0.15, -0.1) is 0 Å². The highest BCUT2D eigenvalue weighted by Crippen LogP contribution is 2.28. The van der Waals surface area contributed by atoms with Gasteiger partial charge in [-0.25, -0.2) is 5.43 Å². The second kappa shape index (κ2) is 8.38. The standard InChI is InChI=1S/C20H23N3O3/c1-14(2)10-11-25-18-9-8-15(12-19(18)24-3)13-21-23-20-22-16-6-4-5-7-17(16)26-20/h4-9,12-14H,10-11H2,1-3H3,(H,22,23)/b21-13+. The Morgan fingerprint density at radius 2 is 2.04 bits per heavy atom. The molecule has 0 amide bonds. The number of nitrogens with one attached hydrogen (secondary N) is 1. The van der Waals surface area contributed by atoms with E-state index >= 15 is 0 Å². The summed E-state index contributed by atoms with van der Waals surface area (Å²) in [5.74, 6) is 2.02. The van der Waals surface area contributed by atoms with Crippen LogP contribution in [0.5, 0.6) is 11.5 Å². The van der Waals surface area contributed by atoms with E-state index in [4.69, 9.17) is 13.9 Å². The Morgan fingerprint density at radius 3 is 2.81 bits per heavy atom. The normalized spacial score (nSPS) is 11.4. The number of methoxy groups -OCH3 is 1. The molecule has 0 fully saturated rings. The summed E-state index contributed by atoms with van der Waals surface area (Å²) in [6.07, 6.45) is 2.68. The van der Waals surface area contributed by atoms with Crippen LogP contribution < -0.4 is 14.9 Å². The van der Waals surface area contributed by atoms with Crippen molar-refractivity contribution in [1.29, 1.82) is 0 Å². The van der Waals surface area contributed by atoms with Gasteiger partial charge in [-0.2, -0.15) is 10.1 Å². The summed E-state index contributed by atoms with van der Waals surface area (Å²) in [7, 11) is 1.63. The van der Waals surface area contributed by atoms with Crippen LogP contribution in [-0.4, -0.2) is 24.9 Å². The average molecular weight is 353 g/mol. The van der Waals surface area contributed by atoms with E-state index in [1.165, 1.54) is 0 Å². The van der Waals surface area contributed by atoms with Gasteiger partial charge in [0, 0.05) is 0 Å². The summed E-state index contributed by atoms with van der Waals surface area (Å²) in [5, 5.41) is 4.17. The molecule has 3 aromatic rings. The van der Waals surface area contributed by atoms with Crippen molar-refractivity contribution in [2.45, 2.75) is 20.3 Å². The summed E-state index contributed by atoms with van der Waals surface area (Å²) in [4.78, 5) is 4.30. The van der Waals surface area contributed by atoms with Crippen LogP contribution in [0.15, 0.2) is 52.0 Å². The zero-order chi connectivity index (χ0) is 18.4. The lowest BCUT2D eigenvalue weighted by molar-refractivity contribution is 0.273. The molecule has 6 nitrogen and oxygen atoms in total. The Kier molecular flexibility index (Phi) is 5.73. The smallest absolute Gasteiger partial charge is 0.316 e. The topological polar surface area (TPSA) is 68.9 Å². The molecule has 1 heterocycles. The molecule has 136 valence electrons. The number of hydrogen-bond acceptors (Lipinski definition) is 6. The van der Waals surface area contributed by atoms with E-state index in [1.807, 2.05) is 42.5 Å². The maximum Gasteiger partial charge on any atom is 0.316 e. The molecule has 26 heavy (non-hydrogen) atoms. The van der Waals surface area contributed by atoms with Crippen molar-refractivity contribution in [3.8, 4) is 11.5 Å². The fourth-order valence-electron chi connectivity index (χ4n) is 2.37. The number of hydrazone groups is 1. The van der Waals surface area contributed by atoms with Crippen molar-refractivity contribution >= 4 is 23.3 Å². The van der Waals surface area contributed by atoms with Crippen LogP contribution in [0.3, 0.4) is 0 Å². The SMILES string of the molecule is COc1cc(/C=N/Nc2nc3ccccc3o2)ccc1OCCC(C)C. The highest BCUT2D eigenvalue weighted by atomic mass is 16.5. The fraction of sp³-hybridized carbons (Fsp3) is 0.300. The van der Waals surface area contributed by atoms with Crippen molar-refractivity contribution in [3.05, 3.63) is 48.0 Å². The predicted octanol–water partition coefficient (Wildman–Crippen LogP) is 4.71. The van der Waals surface area contributed by atoms with Crippen LogP contribution in [0.4, 0.5) is 6.01 Å². The van der Waals surface area contributed by atoms with Gasteiger partial charge in [0.25, 0.3) is 0 Å². The molecule has 1 N–H and O–H groups in total. The van der Waals surface area contributed by atoms with Gasteiger partial charge in [-0.3, -0.25) is 0 Å². The Labute approximate surface area is 152 Å². The molecule has 2 aromatic carbocycles. The van der Waals surface area contributed by atoms with Gasteiger partial charge < -0.3 is 13.9 Å². The molecule has 3 rings (SSSR count). The van der Waals surface area contributed by atoms with Crippen molar-refractivity contribution in [1.82, 2.24) is 4.98 Å². The minimum absolute atomic E-state index is 0.350. The molecule has 0 aliphatic carbocycles. The average Bonchev–Trinajstić information content (AvgIpc) is 3.05. The molecule has 1 aromatic heterocycles. The molecular weight excluding hydrogens is 330 g/mol. The van der Waals surface area contributed by atoms with Crippen LogP contribution in [-0.2, 0) is 0 Å². The highest BCUT2D eigenvalue weighted by molar-refractivity contribution is 5.81. The third kappa shape index (κ3) is 4.53. The number of aromatic nitrogens is 1. The van der Waals surface area contributed by atoms with Gasteiger partial charge in [0.2, 0.25) is 0 Å². The van der Waals surface area contributed by atoms with E-state index in [0.29, 0.717) is 24.3 Å². The first-order valence-corrected chi connectivity index (χ1v) is 8.61. The monoisotopic (exact) mass is 353 g/mol.